The number of carbonyl (C=O) groups is 1. The molecule has 0 saturated carbocycles. The number of furan rings is 1. The Balaban J connectivity index is 1.65. The van der Waals surface area contributed by atoms with Crippen molar-refractivity contribution in [2.75, 3.05) is 13.3 Å². The first-order valence-electron chi connectivity index (χ1n) is 4.90. The van der Waals surface area contributed by atoms with E-state index < -0.39 is 5.97 Å². The quantitative estimate of drug-likeness (QED) is 0.462. The van der Waals surface area contributed by atoms with E-state index in [2.05, 4.69) is 4.74 Å². The summed E-state index contributed by atoms with van der Waals surface area (Å²) >= 11 is 1.82. The van der Waals surface area contributed by atoms with Crippen molar-refractivity contribution in [2.45, 2.75) is 17.2 Å². The van der Waals surface area contributed by atoms with E-state index in [1.165, 1.54) is 19.6 Å². The van der Waals surface area contributed by atoms with E-state index >= 15 is 0 Å². The fraction of sp³-hybridized carbons (Fsp3) is 0.444. The minimum atomic E-state index is -0.396. The van der Waals surface area contributed by atoms with Gasteiger partial charge in [0, 0.05) is 0 Å². The lowest BCUT2D eigenvalue weighted by atomic mass is 9.99. The number of hydrogen-bond acceptors (Lipinski definition) is 4. The molecule has 2 saturated heterocycles. The zero-order valence-corrected chi connectivity index (χ0v) is 10.0. The van der Waals surface area contributed by atoms with Gasteiger partial charge in [0.05, 0.1) is 7.11 Å². The van der Waals surface area contributed by atoms with Gasteiger partial charge in [-0.25, -0.2) is 4.79 Å². The average molecular weight is 240 g/mol. The van der Waals surface area contributed by atoms with Gasteiger partial charge < -0.3 is 9.15 Å². The van der Waals surface area contributed by atoms with E-state index in [1.807, 2.05) is 17.4 Å². The number of fused-ring (bicyclic) bond motifs is 1. The summed E-state index contributed by atoms with van der Waals surface area (Å²) in [6, 6.07) is 3.56. The van der Waals surface area contributed by atoms with Crippen molar-refractivity contribution in [3.63, 3.8) is 0 Å². The Morgan fingerprint density at radius 1 is 1.73 bits per heavy atom. The van der Waals surface area contributed by atoms with Crippen LogP contribution in [-0.2, 0) is 4.74 Å². The molecule has 78 valence electrons. The fourth-order valence-corrected chi connectivity index (χ4v) is 7.30. The van der Waals surface area contributed by atoms with Crippen LogP contribution in [0.1, 0.15) is 10.6 Å². The van der Waals surface area contributed by atoms with Crippen LogP contribution in [-0.4, -0.2) is 25.7 Å². The van der Waals surface area contributed by atoms with Crippen LogP contribution in [0, 0.1) is 0 Å². The Labute approximate surface area is 93.5 Å². The fourth-order valence-electron chi connectivity index (χ4n) is 1.81. The zero-order chi connectivity index (χ0) is 10.4. The van der Waals surface area contributed by atoms with Crippen molar-refractivity contribution >= 4 is 30.8 Å². The molecule has 2 aliphatic heterocycles. The molecule has 0 aromatic carbocycles. The molecule has 0 N–H and O–H groups in total. The first-order valence-corrected chi connectivity index (χ1v) is 7.92. The monoisotopic (exact) mass is 240 g/mol. The second kappa shape index (κ2) is 3.57. The van der Waals surface area contributed by atoms with E-state index in [9.17, 15) is 4.79 Å². The van der Waals surface area contributed by atoms with Crippen LogP contribution < -0.4 is 0 Å². The molecular formula is C9H10BO3PS. The van der Waals surface area contributed by atoms with Gasteiger partial charge in [0.1, 0.15) is 0 Å². The number of rotatable bonds is 3. The highest BCUT2D eigenvalue weighted by Gasteiger charge is 2.57. The molecule has 0 bridgehead atoms. The number of ether oxygens (including phenoxy) is 1. The maximum Gasteiger partial charge on any atom is 0.374 e. The summed E-state index contributed by atoms with van der Waals surface area (Å²) < 4.78 is 10.0. The van der Waals surface area contributed by atoms with Gasteiger partial charge in [0.15, 0.2) is 11.5 Å². The third-order valence-electron chi connectivity index (χ3n) is 2.84. The molecule has 0 aliphatic carbocycles. The third kappa shape index (κ3) is 1.72. The molecule has 3 nitrogen and oxygen atoms in total. The molecular weight excluding hydrogens is 230 g/mol. The van der Waals surface area contributed by atoms with Crippen LogP contribution in [0.4, 0.5) is 0 Å². The third-order valence-corrected chi connectivity index (χ3v) is 8.18. The molecule has 6 heteroatoms. The molecule has 2 atom stereocenters. The molecule has 1 aromatic rings. The van der Waals surface area contributed by atoms with E-state index in [4.69, 9.17) is 4.42 Å². The molecule has 3 heterocycles. The van der Waals surface area contributed by atoms with Crippen LogP contribution >= 0.6 is 18.4 Å². The lowest BCUT2D eigenvalue weighted by Gasteiger charge is -2.21. The lowest BCUT2D eigenvalue weighted by molar-refractivity contribution is 0.0559. The van der Waals surface area contributed by atoms with Gasteiger partial charge >= 0.3 is 5.97 Å². The summed E-state index contributed by atoms with van der Waals surface area (Å²) in [7, 11) is 1.46. The van der Waals surface area contributed by atoms with E-state index in [0.29, 0.717) is 5.76 Å². The molecule has 2 unspecified atom stereocenters. The van der Waals surface area contributed by atoms with Gasteiger partial charge in [-0.2, -0.15) is 0 Å². The molecule has 0 spiro atoms. The number of carbonyl (C=O) groups excluding carboxylic acids is 1. The topological polar surface area (TPSA) is 39.4 Å². The highest BCUT2D eigenvalue weighted by molar-refractivity contribution is 8.65. The minimum absolute atomic E-state index is 0.0994. The van der Waals surface area contributed by atoms with Crippen LogP contribution in [0.2, 0.25) is 12.1 Å². The Morgan fingerprint density at radius 3 is 3.20 bits per heavy atom. The van der Waals surface area contributed by atoms with Gasteiger partial charge in [-0.05, 0) is 18.3 Å². The van der Waals surface area contributed by atoms with Crippen LogP contribution in [0.5, 0.6) is 0 Å². The Bertz CT molecular complexity index is 408. The predicted molar refractivity (Wildman–Crippen MR) is 62.0 cm³/mol. The van der Waals surface area contributed by atoms with Crippen molar-refractivity contribution in [2.24, 2.45) is 0 Å². The van der Waals surface area contributed by atoms with Crippen LogP contribution in [0.25, 0.3) is 0 Å². The summed E-state index contributed by atoms with van der Waals surface area (Å²) in [6.45, 7) is 0. The summed E-state index contributed by atoms with van der Waals surface area (Å²) in [5.41, 5.74) is 0. The highest BCUT2D eigenvalue weighted by Crippen LogP contribution is 2.79. The molecule has 0 amide bonds. The van der Waals surface area contributed by atoms with Crippen molar-refractivity contribution in [1.82, 2.24) is 0 Å². The summed E-state index contributed by atoms with van der Waals surface area (Å²) in [4.78, 5) is 11.1. The molecule has 0 radical (unpaired) electrons. The second-order valence-corrected chi connectivity index (χ2v) is 8.27. The zero-order valence-electron chi connectivity index (χ0n) is 8.30. The molecule has 2 fully saturated rings. The lowest BCUT2D eigenvalue weighted by Crippen LogP contribution is -2.03. The largest absolute Gasteiger partial charge is 0.463 e. The molecule has 1 aromatic heterocycles. The van der Waals surface area contributed by atoms with Gasteiger partial charge in [-0.15, -0.1) is 0 Å². The Morgan fingerprint density at radius 2 is 2.60 bits per heavy atom. The molecule has 2 aliphatic rings. The first-order chi connectivity index (χ1) is 7.28. The highest BCUT2D eigenvalue weighted by atomic mass is 32.7. The Hall–Kier alpha value is -0.405. The number of methoxy groups -OCH3 is 1. The van der Waals surface area contributed by atoms with Gasteiger partial charge in [0.2, 0.25) is 5.76 Å². The first kappa shape index (κ1) is 9.80. The van der Waals surface area contributed by atoms with Crippen molar-refractivity contribution in [3.05, 3.63) is 17.9 Å². The maximum absolute atomic E-state index is 11.1. The summed E-state index contributed by atoms with van der Waals surface area (Å²) in [5.74, 6) is 0.939. The number of hydrogen-bond donors (Lipinski definition) is 0. The van der Waals surface area contributed by atoms with Gasteiger partial charge in [0.25, 0.3) is 0 Å². The van der Waals surface area contributed by atoms with Crippen molar-refractivity contribution in [3.8, 4) is 0 Å². The van der Waals surface area contributed by atoms with E-state index in [1.54, 1.807) is 6.07 Å². The van der Waals surface area contributed by atoms with Crippen LogP contribution in [0.3, 0.4) is 0 Å². The van der Waals surface area contributed by atoms with E-state index in [0.717, 1.165) is 17.3 Å². The van der Waals surface area contributed by atoms with Crippen molar-refractivity contribution < 1.29 is 13.9 Å². The van der Waals surface area contributed by atoms with Crippen LogP contribution in [0.15, 0.2) is 21.6 Å². The molecule has 15 heavy (non-hydrogen) atoms. The maximum atomic E-state index is 11.1. The number of esters is 1. The standard InChI is InChI=1S/C9H10BO3PS/c1-12-9(11)7-2-3-8(13-7)15-14-5-6-4-10(6)14/h2-3,6H,4-5H2,1H3. The van der Waals surface area contributed by atoms with E-state index in [-0.39, 0.29) is 7.00 Å². The Kier molecular flexibility index (Phi) is 2.33. The molecule has 3 rings (SSSR count). The summed E-state index contributed by atoms with van der Waals surface area (Å²) in [6.07, 6.45) is 3.78. The smallest absolute Gasteiger partial charge is 0.374 e. The average Bonchev–Trinajstić information content (AvgIpc) is 2.70. The second-order valence-electron chi connectivity index (χ2n) is 3.86. The predicted octanol–water partition coefficient (Wildman–Crippen LogP) is 2.94. The normalized spacial score (nSPS) is 26.9. The van der Waals surface area contributed by atoms with Crippen molar-refractivity contribution in [1.29, 1.82) is 0 Å². The minimum Gasteiger partial charge on any atom is -0.463 e. The van der Waals surface area contributed by atoms with Gasteiger partial charge in [-0.1, -0.05) is 30.5 Å². The summed E-state index contributed by atoms with van der Waals surface area (Å²) in [5, 5.41) is 0.867. The SMILES string of the molecule is COC(=O)c1ccc(SP2CC3CB32)o1. The van der Waals surface area contributed by atoms with Gasteiger partial charge in [-0.3, -0.25) is 0 Å².